The molecule has 0 unspecified atom stereocenters. The zero-order chi connectivity index (χ0) is 14.0. The number of benzene rings is 1. The summed E-state index contributed by atoms with van der Waals surface area (Å²) in [6.45, 7) is 1.96. The summed E-state index contributed by atoms with van der Waals surface area (Å²) in [6, 6.07) is 16.0. The number of hydrogen-bond donors (Lipinski definition) is 1. The molecule has 2 rings (SSSR count). The van der Waals surface area contributed by atoms with Gasteiger partial charge in [-0.05, 0) is 24.9 Å². The Hall–Kier alpha value is -1.87. The van der Waals surface area contributed by atoms with Gasteiger partial charge in [0.25, 0.3) is 0 Å². The van der Waals surface area contributed by atoms with Crippen LogP contribution in [0.1, 0.15) is 30.5 Å². The summed E-state index contributed by atoms with van der Waals surface area (Å²) < 4.78 is 0.966. The molecule has 0 aliphatic carbocycles. The Morgan fingerprint density at radius 3 is 2.50 bits per heavy atom. The van der Waals surface area contributed by atoms with E-state index in [-0.39, 0.29) is 0 Å². The Kier molecular flexibility index (Phi) is 6.06. The molecule has 0 saturated carbocycles. The second-order valence-corrected chi connectivity index (χ2v) is 4.99. The standard InChI is InChI=1S/C17H22N2O/c20-19-14-8-6-12-17(19)11-5-2-7-13-18-15-16-9-3-1-4-10-16/h1,3-4,6,8-10,12,14,18H,2,5,7,11,13,15H2. The maximum atomic E-state index is 11.4. The van der Waals surface area contributed by atoms with E-state index in [4.69, 9.17) is 0 Å². The predicted octanol–water partition coefficient (Wildman–Crippen LogP) is 2.82. The van der Waals surface area contributed by atoms with Gasteiger partial charge in [0.2, 0.25) is 0 Å². The number of nitrogens with zero attached hydrogens (tertiary/aromatic N) is 1. The summed E-state index contributed by atoms with van der Waals surface area (Å²) >= 11 is 0. The molecule has 20 heavy (non-hydrogen) atoms. The van der Waals surface area contributed by atoms with Gasteiger partial charge in [-0.1, -0.05) is 42.8 Å². The molecule has 1 N–H and O–H groups in total. The summed E-state index contributed by atoms with van der Waals surface area (Å²) in [5.41, 5.74) is 2.19. The van der Waals surface area contributed by atoms with Gasteiger partial charge in [-0.25, -0.2) is 0 Å². The average molecular weight is 270 g/mol. The highest BCUT2D eigenvalue weighted by atomic mass is 16.5. The van der Waals surface area contributed by atoms with Crippen molar-refractivity contribution in [3.8, 4) is 0 Å². The zero-order valence-corrected chi connectivity index (χ0v) is 11.8. The van der Waals surface area contributed by atoms with Crippen LogP contribution in [-0.4, -0.2) is 6.54 Å². The summed E-state index contributed by atoms with van der Waals surface area (Å²) in [5.74, 6) is 0. The van der Waals surface area contributed by atoms with Crippen LogP contribution in [0, 0.1) is 5.21 Å². The molecule has 0 spiro atoms. The first-order valence-electron chi connectivity index (χ1n) is 7.28. The van der Waals surface area contributed by atoms with Gasteiger partial charge in [-0.15, -0.1) is 0 Å². The molecular weight excluding hydrogens is 248 g/mol. The minimum atomic E-state index is 0.864. The molecule has 1 heterocycles. The van der Waals surface area contributed by atoms with Crippen LogP contribution in [0.15, 0.2) is 54.7 Å². The molecule has 0 saturated heterocycles. The molecule has 0 atom stereocenters. The topological polar surface area (TPSA) is 39.0 Å². The first-order chi connectivity index (χ1) is 9.86. The fourth-order valence-electron chi connectivity index (χ4n) is 2.22. The lowest BCUT2D eigenvalue weighted by Gasteiger charge is -2.05. The Morgan fingerprint density at radius 2 is 1.70 bits per heavy atom. The van der Waals surface area contributed by atoms with E-state index >= 15 is 0 Å². The molecule has 106 valence electrons. The Labute approximate surface area is 120 Å². The van der Waals surface area contributed by atoms with Crippen LogP contribution in [0.2, 0.25) is 0 Å². The van der Waals surface area contributed by atoms with Crippen molar-refractivity contribution in [2.45, 2.75) is 32.2 Å². The van der Waals surface area contributed by atoms with Crippen LogP contribution in [0.5, 0.6) is 0 Å². The van der Waals surface area contributed by atoms with Gasteiger partial charge in [-0.2, -0.15) is 4.73 Å². The Bertz CT molecular complexity index is 499. The van der Waals surface area contributed by atoms with Crippen molar-refractivity contribution >= 4 is 0 Å². The Balaban J connectivity index is 1.53. The summed E-state index contributed by atoms with van der Waals surface area (Å²) in [6.07, 6.45) is 5.80. The van der Waals surface area contributed by atoms with Gasteiger partial charge in [0.05, 0.1) is 0 Å². The molecule has 0 aliphatic rings. The van der Waals surface area contributed by atoms with Crippen molar-refractivity contribution in [2.24, 2.45) is 0 Å². The van der Waals surface area contributed by atoms with E-state index in [0.717, 1.165) is 49.2 Å². The molecule has 1 aromatic heterocycles. The third-order valence-electron chi connectivity index (χ3n) is 3.36. The molecule has 1 aromatic carbocycles. The smallest absolute Gasteiger partial charge is 0.192 e. The van der Waals surface area contributed by atoms with Crippen LogP contribution < -0.4 is 10.0 Å². The van der Waals surface area contributed by atoms with Crippen molar-refractivity contribution in [1.82, 2.24) is 5.32 Å². The van der Waals surface area contributed by atoms with Crippen LogP contribution >= 0.6 is 0 Å². The van der Waals surface area contributed by atoms with E-state index in [0.29, 0.717) is 0 Å². The minimum Gasteiger partial charge on any atom is -0.619 e. The lowest BCUT2D eigenvalue weighted by Crippen LogP contribution is -2.30. The quantitative estimate of drug-likeness (QED) is 0.455. The van der Waals surface area contributed by atoms with Gasteiger partial charge in [0.1, 0.15) is 0 Å². The molecule has 3 nitrogen and oxygen atoms in total. The van der Waals surface area contributed by atoms with Gasteiger partial charge >= 0.3 is 0 Å². The van der Waals surface area contributed by atoms with E-state index in [1.165, 1.54) is 5.56 Å². The number of nitrogens with one attached hydrogen (secondary N) is 1. The highest BCUT2D eigenvalue weighted by Gasteiger charge is 2.02. The normalized spacial score (nSPS) is 10.6. The molecule has 0 fully saturated rings. The first kappa shape index (κ1) is 14.5. The molecule has 0 amide bonds. The maximum Gasteiger partial charge on any atom is 0.192 e. The molecule has 0 radical (unpaired) electrons. The number of hydrogen-bond acceptors (Lipinski definition) is 2. The van der Waals surface area contributed by atoms with Gasteiger partial charge in [0.15, 0.2) is 11.9 Å². The number of rotatable bonds is 8. The average Bonchev–Trinajstić information content (AvgIpc) is 2.49. The van der Waals surface area contributed by atoms with E-state index in [2.05, 4.69) is 29.6 Å². The van der Waals surface area contributed by atoms with Crippen LogP contribution in [-0.2, 0) is 13.0 Å². The highest BCUT2D eigenvalue weighted by molar-refractivity contribution is 5.14. The van der Waals surface area contributed by atoms with Crippen molar-refractivity contribution in [2.75, 3.05) is 6.54 Å². The molecule has 3 heteroatoms. The van der Waals surface area contributed by atoms with E-state index in [1.54, 1.807) is 12.3 Å². The maximum absolute atomic E-state index is 11.4. The molecular formula is C17H22N2O. The van der Waals surface area contributed by atoms with Gasteiger partial charge < -0.3 is 10.5 Å². The fourth-order valence-corrected chi connectivity index (χ4v) is 2.22. The first-order valence-corrected chi connectivity index (χ1v) is 7.28. The van der Waals surface area contributed by atoms with Gasteiger partial charge in [-0.3, -0.25) is 0 Å². The summed E-state index contributed by atoms with van der Waals surface area (Å²) in [5, 5.41) is 14.9. The number of aryl methyl sites for hydroxylation is 1. The van der Waals surface area contributed by atoms with E-state index in [1.807, 2.05) is 18.2 Å². The molecule has 0 aliphatic heterocycles. The van der Waals surface area contributed by atoms with Crippen LogP contribution in [0.25, 0.3) is 0 Å². The summed E-state index contributed by atoms with van der Waals surface area (Å²) in [4.78, 5) is 0. The van der Waals surface area contributed by atoms with Crippen LogP contribution in [0.4, 0.5) is 0 Å². The monoisotopic (exact) mass is 270 g/mol. The molecule has 0 bridgehead atoms. The van der Waals surface area contributed by atoms with Crippen molar-refractivity contribution in [1.29, 1.82) is 0 Å². The van der Waals surface area contributed by atoms with Crippen molar-refractivity contribution in [3.05, 3.63) is 71.2 Å². The lowest BCUT2D eigenvalue weighted by atomic mass is 10.1. The third-order valence-corrected chi connectivity index (χ3v) is 3.36. The summed E-state index contributed by atoms with van der Waals surface area (Å²) in [7, 11) is 0. The minimum absolute atomic E-state index is 0.864. The second kappa shape index (κ2) is 8.33. The SMILES string of the molecule is [O-][n+]1ccccc1CCCCCNCc1ccccc1. The largest absolute Gasteiger partial charge is 0.619 e. The Morgan fingerprint density at radius 1 is 0.900 bits per heavy atom. The molecule has 2 aromatic rings. The van der Waals surface area contributed by atoms with Crippen molar-refractivity contribution < 1.29 is 4.73 Å². The number of aromatic nitrogens is 1. The predicted molar refractivity (Wildman–Crippen MR) is 81.1 cm³/mol. The fraction of sp³-hybridized carbons (Fsp3) is 0.353. The zero-order valence-electron chi connectivity index (χ0n) is 11.8. The third kappa shape index (κ3) is 5.02. The lowest BCUT2D eigenvalue weighted by molar-refractivity contribution is -0.614. The van der Waals surface area contributed by atoms with Crippen LogP contribution in [0.3, 0.4) is 0 Å². The number of unbranched alkanes of at least 4 members (excludes halogenated alkanes) is 2. The van der Waals surface area contributed by atoms with Crippen molar-refractivity contribution in [3.63, 3.8) is 0 Å². The second-order valence-electron chi connectivity index (χ2n) is 4.99. The number of pyridine rings is 1. The van der Waals surface area contributed by atoms with Gasteiger partial charge in [0, 0.05) is 25.1 Å². The van der Waals surface area contributed by atoms with E-state index in [9.17, 15) is 5.21 Å². The highest BCUT2D eigenvalue weighted by Crippen LogP contribution is 2.02. The van der Waals surface area contributed by atoms with E-state index < -0.39 is 0 Å².